The van der Waals surface area contributed by atoms with E-state index in [0.29, 0.717) is 5.69 Å². The lowest BCUT2D eigenvalue weighted by Crippen LogP contribution is -2.13. The third-order valence-corrected chi connectivity index (χ3v) is 3.43. The number of benzene rings is 2. The molecule has 23 heavy (non-hydrogen) atoms. The van der Waals surface area contributed by atoms with Crippen molar-refractivity contribution in [3.63, 3.8) is 0 Å². The summed E-state index contributed by atoms with van der Waals surface area (Å²) in [4.78, 5) is 14.6. The summed E-state index contributed by atoms with van der Waals surface area (Å²) in [6.45, 7) is 0.250. The molecule has 0 saturated carbocycles. The Hall–Kier alpha value is -2.47. The number of hydrogen-bond acceptors (Lipinski definition) is 4. The molecule has 120 valence electrons. The molecule has 1 amide bonds. The summed E-state index contributed by atoms with van der Waals surface area (Å²) in [5.41, 5.74) is 1.64. The molecule has 0 radical (unpaired) electrons. The third-order valence-electron chi connectivity index (χ3n) is 2.75. The summed E-state index contributed by atoms with van der Waals surface area (Å²) < 4.78 is 9.37. The minimum absolute atomic E-state index is 0.250. The van der Waals surface area contributed by atoms with Gasteiger partial charge in [-0.05, 0) is 29.8 Å². The van der Waals surface area contributed by atoms with Crippen LogP contribution < -0.4 is 5.32 Å². The van der Waals surface area contributed by atoms with E-state index < -0.39 is 6.09 Å². The van der Waals surface area contributed by atoms with E-state index in [4.69, 9.17) is 4.74 Å². The highest BCUT2D eigenvalue weighted by atomic mass is 32.2. The quantitative estimate of drug-likeness (QED) is 0.494. The van der Waals surface area contributed by atoms with E-state index in [1.54, 1.807) is 6.34 Å². The van der Waals surface area contributed by atoms with Crippen molar-refractivity contribution >= 4 is 30.1 Å². The summed E-state index contributed by atoms with van der Waals surface area (Å²) in [5.74, 6) is 0. The molecule has 0 bridgehead atoms. The van der Waals surface area contributed by atoms with E-state index in [0.717, 1.165) is 10.5 Å². The minimum Gasteiger partial charge on any atom is -0.444 e. The summed E-state index contributed by atoms with van der Waals surface area (Å²) in [7, 11) is 3.83. The fourth-order valence-corrected chi connectivity index (χ4v) is 2.27. The van der Waals surface area contributed by atoms with Gasteiger partial charge in [-0.2, -0.15) is 0 Å². The fraction of sp³-hybridized carbons (Fsp3) is 0.176. The summed E-state index contributed by atoms with van der Waals surface area (Å²) in [6, 6.07) is 17.0. The smallest absolute Gasteiger partial charge is 0.411 e. The van der Waals surface area contributed by atoms with Gasteiger partial charge in [0.2, 0.25) is 0 Å². The van der Waals surface area contributed by atoms with Gasteiger partial charge in [0.05, 0.1) is 6.34 Å². The zero-order chi connectivity index (χ0) is 16.5. The van der Waals surface area contributed by atoms with Crippen molar-refractivity contribution in [3.8, 4) is 0 Å². The van der Waals surface area contributed by atoms with E-state index in [1.807, 2.05) is 73.6 Å². The zero-order valence-electron chi connectivity index (χ0n) is 13.1. The number of nitrogens with zero attached hydrogens (tertiary/aromatic N) is 2. The van der Waals surface area contributed by atoms with Gasteiger partial charge in [-0.1, -0.05) is 30.3 Å². The van der Waals surface area contributed by atoms with E-state index in [2.05, 4.69) is 9.71 Å². The lowest BCUT2D eigenvalue weighted by Gasteiger charge is -2.07. The molecule has 5 nitrogen and oxygen atoms in total. The number of ether oxygens (including phenoxy) is 1. The van der Waals surface area contributed by atoms with Crippen LogP contribution in [0.3, 0.4) is 0 Å². The van der Waals surface area contributed by atoms with E-state index in [-0.39, 0.29) is 6.61 Å². The van der Waals surface area contributed by atoms with Crippen molar-refractivity contribution < 1.29 is 9.53 Å². The van der Waals surface area contributed by atoms with Gasteiger partial charge in [0, 0.05) is 36.6 Å². The molecule has 0 heterocycles. The van der Waals surface area contributed by atoms with Gasteiger partial charge in [0.25, 0.3) is 0 Å². The van der Waals surface area contributed by atoms with Crippen molar-refractivity contribution in [2.75, 3.05) is 19.4 Å². The number of nitrogens with one attached hydrogen (secondary N) is 1. The van der Waals surface area contributed by atoms with Gasteiger partial charge in [-0.15, -0.1) is 0 Å². The molecule has 0 unspecified atom stereocenters. The lowest BCUT2D eigenvalue weighted by molar-refractivity contribution is 0.155. The Morgan fingerprint density at radius 2 is 1.87 bits per heavy atom. The van der Waals surface area contributed by atoms with Gasteiger partial charge >= 0.3 is 6.09 Å². The van der Waals surface area contributed by atoms with Crippen molar-refractivity contribution in [1.82, 2.24) is 4.90 Å². The first-order valence-corrected chi connectivity index (χ1v) is 7.85. The van der Waals surface area contributed by atoms with Gasteiger partial charge in [0.1, 0.15) is 6.61 Å². The van der Waals surface area contributed by atoms with E-state index in [1.165, 1.54) is 11.9 Å². The van der Waals surface area contributed by atoms with Gasteiger partial charge in [0.15, 0.2) is 0 Å². The first-order chi connectivity index (χ1) is 11.1. The second-order valence-electron chi connectivity index (χ2n) is 4.99. The summed E-state index contributed by atoms with van der Waals surface area (Å²) in [5, 5.41) is 2.70. The molecule has 0 aliphatic rings. The van der Waals surface area contributed by atoms with Gasteiger partial charge in [-0.25, -0.2) is 9.19 Å². The highest BCUT2D eigenvalue weighted by molar-refractivity contribution is 7.98. The van der Waals surface area contributed by atoms with Crippen LogP contribution in [0.2, 0.25) is 0 Å². The fourth-order valence-electron chi connectivity index (χ4n) is 1.65. The van der Waals surface area contributed by atoms with Crippen LogP contribution in [0.15, 0.2) is 63.9 Å². The van der Waals surface area contributed by atoms with E-state index >= 15 is 0 Å². The van der Waals surface area contributed by atoms with Crippen LogP contribution in [0, 0.1) is 0 Å². The van der Waals surface area contributed by atoms with Crippen LogP contribution in [-0.2, 0) is 11.3 Å². The number of amides is 1. The number of hydrogen-bond donors (Lipinski definition) is 1. The Bertz CT molecular complexity index is 643. The average Bonchev–Trinajstić information content (AvgIpc) is 2.55. The van der Waals surface area contributed by atoms with Crippen LogP contribution >= 0.6 is 11.9 Å². The molecule has 2 aromatic carbocycles. The Labute approximate surface area is 140 Å². The predicted octanol–water partition coefficient (Wildman–Crippen LogP) is 4.03. The van der Waals surface area contributed by atoms with Crippen LogP contribution in [0.25, 0.3) is 0 Å². The molecule has 2 aromatic rings. The van der Waals surface area contributed by atoms with Crippen molar-refractivity contribution in [3.05, 3.63) is 60.2 Å². The first-order valence-electron chi connectivity index (χ1n) is 7.08. The van der Waals surface area contributed by atoms with Crippen molar-refractivity contribution in [2.24, 2.45) is 4.40 Å². The Morgan fingerprint density at radius 1 is 1.17 bits per heavy atom. The summed E-state index contributed by atoms with van der Waals surface area (Å²) in [6.07, 6.45) is 1.26. The lowest BCUT2D eigenvalue weighted by atomic mass is 10.2. The molecule has 0 aromatic heterocycles. The second kappa shape index (κ2) is 8.85. The van der Waals surface area contributed by atoms with Crippen LogP contribution in [0.1, 0.15) is 5.56 Å². The minimum atomic E-state index is -0.472. The van der Waals surface area contributed by atoms with E-state index in [9.17, 15) is 4.79 Å². The largest absolute Gasteiger partial charge is 0.444 e. The number of anilines is 1. The zero-order valence-corrected chi connectivity index (χ0v) is 13.9. The molecule has 0 atom stereocenters. The van der Waals surface area contributed by atoms with Gasteiger partial charge in [-0.3, -0.25) is 5.32 Å². The second-order valence-corrected chi connectivity index (χ2v) is 5.85. The molecule has 6 heteroatoms. The number of carbonyl (C=O) groups excluding carboxylic acids is 1. The molecular formula is C17H19N3O2S. The maximum absolute atomic E-state index is 11.8. The highest BCUT2D eigenvalue weighted by Crippen LogP contribution is 2.21. The maximum Gasteiger partial charge on any atom is 0.411 e. The van der Waals surface area contributed by atoms with Crippen molar-refractivity contribution in [2.45, 2.75) is 11.5 Å². The maximum atomic E-state index is 11.8. The van der Waals surface area contributed by atoms with Crippen LogP contribution in [-0.4, -0.2) is 31.4 Å². The first kappa shape index (κ1) is 16.9. The molecule has 0 aliphatic carbocycles. The Morgan fingerprint density at radius 3 is 2.52 bits per heavy atom. The molecular weight excluding hydrogens is 310 g/mol. The van der Waals surface area contributed by atoms with Crippen LogP contribution in [0.4, 0.5) is 10.5 Å². The standard InChI is InChI=1S/C17H19N3O2S/c1-20(2)13-18-23-16-10-8-15(9-11-16)19-17(21)22-12-14-6-4-3-5-7-14/h3-11,13H,12H2,1-2H3,(H,19,21). The monoisotopic (exact) mass is 329 g/mol. The Kier molecular flexibility index (Phi) is 6.50. The number of carbonyl (C=O) groups is 1. The SMILES string of the molecule is CN(C)C=NSc1ccc(NC(=O)OCc2ccccc2)cc1. The Balaban J connectivity index is 1.79. The van der Waals surface area contributed by atoms with Crippen molar-refractivity contribution in [1.29, 1.82) is 0 Å². The molecule has 0 saturated heterocycles. The normalized spacial score (nSPS) is 10.5. The topological polar surface area (TPSA) is 53.9 Å². The molecule has 0 aliphatic heterocycles. The molecule has 0 spiro atoms. The number of rotatable bonds is 6. The summed E-state index contributed by atoms with van der Waals surface area (Å²) >= 11 is 1.37. The molecule has 1 N–H and O–H groups in total. The van der Waals surface area contributed by atoms with Crippen LogP contribution in [0.5, 0.6) is 0 Å². The predicted molar refractivity (Wildman–Crippen MR) is 94.7 cm³/mol. The molecule has 0 fully saturated rings. The highest BCUT2D eigenvalue weighted by Gasteiger charge is 2.03. The molecule has 2 rings (SSSR count). The van der Waals surface area contributed by atoms with Gasteiger partial charge < -0.3 is 9.64 Å². The third kappa shape index (κ3) is 6.44. The average molecular weight is 329 g/mol.